The van der Waals surface area contributed by atoms with E-state index in [0.29, 0.717) is 12.3 Å². The lowest BCUT2D eigenvalue weighted by Gasteiger charge is -2.37. The molecule has 1 aromatic rings. The lowest BCUT2D eigenvalue weighted by Crippen LogP contribution is -2.50. The number of likely N-dealkylation sites (tertiary alicyclic amines) is 1. The van der Waals surface area contributed by atoms with Gasteiger partial charge in [-0.2, -0.15) is 0 Å². The van der Waals surface area contributed by atoms with Crippen LogP contribution in [0.4, 0.5) is 5.69 Å². The van der Waals surface area contributed by atoms with E-state index >= 15 is 0 Å². The number of phenolic OH excluding ortho intramolecular Hbond substituents is 1. The van der Waals surface area contributed by atoms with E-state index in [1.54, 1.807) is 6.07 Å². The molecule has 0 bridgehead atoms. The van der Waals surface area contributed by atoms with E-state index in [-0.39, 0.29) is 5.91 Å². The highest BCUT2D eigenvalue weighted by Gasteiger charge is 2.23. The number of amides is 1. The molecule has 2 heterocycles. The van der Waals surface area contributed by atoms with Crippen LogP contribution < -0.4 is 4.90 Å². The second kappa shape index (κ2) is 8.38. The molecule has 24 heavy (non-hydrogen) atoms. The zero-order valence-electron chi connectivity index (χ0n) is 14.5. The lowest BCUT2D eigenvalue weighted by atomic mass is 10.1. The average molecular weight is 331 g/mol. The average Bonchev–Trinajstić information content (AvgIpc) is 2.56. The molecule has 132 valence electrons. The van der Waals surface area contributed by atoms with Crippen LogP contribution in [0.1, 0.15) is 32.1 Å². The third-order valence-electron chi connectivity index (χ3n) is 5.16. The van der Waals surface area contributed by atoms with Gasteiger partial charge in [-0.1, -0.05) is 31.4 Å². The van der Waals surface area contributed by atoms with Gasteiger partial charge in [0.2, 0.25) is 5.91 Å². The zero-order valence-corrected chi connectivity index (χ0v) is 14.5. The van der Waals surface area contributed by atoms with Crippen LogP contribution in [0.5, 0.6) is 5.75 Å². The zero-order chi connectivity index (χ0) is 16.8. The number of nitrogens with zero attached hydrogens (tertiary/aromatic N) is 3. The van der Waals surface area contributed by atoms with Gasteiger partial charge in [0.15, 0.2) is 0 Å². The highest BCUT2D eigenvalue weighted by molar-refractivity contribution is 5.78. The van der Waals surface area contributed by atoms with Crippen LogP contribution in [-0.4, -0.2) is 66.6 Å². The first kappa shape index (κ1) is 17.1. The van der Waals surface area contributed by atoms with Gasteiger partial charge in [-0.3, -0.25) is 9.69 Å². The maximum Gasteiger partial charge on any atom is 0.236 e. The second-order valence-electron chi connectivity index (χ2n) is 6.90. The number of carbonyl (C=O) groups is 1. The van der Waals surface area contributed by atoms with E-state index in [2.05, 4.69) is 14.7 Å². The van der Waals surface area contributed by atoms with Crippen molar-refractivity contribution in [3.8, 4) is 5.75 Å². The minimum atomic E-state index is 0.285. The molecule has 0 spiro atoms. The van der Waals surface area contributed by atoms with E-state index in [1.165, 1.54) is 19.3 Å². The van der Waals surface area contributed by atoms with Crippen LogP contribution in [0.15, 0.2) is 24.3 Å². The normalized spacial score (nSPS) is 20.5. The first-order valence-electron chi connectivity index (χ1n) is 9.27. The quantitative estimate of drug-likeness (QED) is 0.923. The molecule has 5 heteroatoms. The Morgan fingerprint density at radius 3 is 2.17 bits per heavy atom. The summed E-state index contributed by atoms with van der Waals surface area (Å²) in [5, 5.41) is 9.98. The fourth-order valence-electron chi connectivity index (χ4n) is 3.67. The topological polar surface area (TPSA) is 47.0 Å². The summed E-state index contributed by atoms with van der Waals surface area (Å²) in [5.41, 5.74) is 0.896. The Hall–Kier alpha value is -1.75. The second-order valence-corrected chi connectivity index (χ2v) is 6.90. The number of anilines is 1. The number of para-hydroxylation sites is 2. The predicted molar refractivity (Wildman–Crippen MR) is 96.4 cm³/mol. The van der Waals surface area contributed by atoms with Gasteiger partial charge in [0.05, 0.1) is 12.2 Å². The molecule has 0 unspecified atom stereocenters. The summed E-state index contributed by atoms with van der Waals surface area (Å²) in [6.45, 7) is 5.83. The molecular weight excluding hydrogens is 302 g/mol. The van der Waals surface area contributed by atoms with E-state index in [0.717, 1.165) is 57.8 Å². The molecule has 2 fully saturated rings. The van der Waals surface area contributed by atoms with Crippen molar-refractivity contribution in [1.82, 2.24) is 9.80 Å². The summed E-state index contributed by atoms with van der Waals surface area (Å²) in [6.07, 6.45) is 6.11. The van der Waals surface area contributed by atoms with Gasteiger partial charge in [0, 0.05) is 39.3 Å². The molecule has 0 atom stereocenters. The molecular formula is C19H29N3O2. The van der Waals surface area contributed by atoms with E-state index < -0.39 is 0 Å². The summed E-state index contributed by atoms with van der Waals surface area (Å²) < 4.78 is 0. The van der Waals surface area contributed by atoms with E-state index in [4.69, 9.17) is 0 Å². The van der Waals surface area contributed by atoms with E-state index in [9.17, 15) is 9.90 Å². The van der Waals surface area contributed by atoms with Crippen LogP contribution in [-0.2, 0) is 4.79 Å². The van der Waals surface area contributed by atoms with Crippen molar-refractivity contribution in [3.63, 3.8) is 0 Å². The number of benzene rings is 1. The summed E-state index contributed by atoms with van der Waals surface area (Å²) in [5.74, 6) is 0.621. The Kier molecular flexibility index (Phi) is 5.96. The standard InChI is InChI=1S/C19H29N3O2/c23-18-9-5-4-8-17(18)21-14-12-20(13-15-21)16-19(24)22-10-6-2-1-3-7-11-22/h4-5,8-9,23H,1-3,6-7,10-16H2. The van der Waals surface area contributed by atoms with Crippen molar-refractivity contribution in [2.75, 3.05) is 50.7 Å². The largest absolute Gasteiger partial charge is 0.506 e. The SMILES string of the molecule is O=C(CN1CCN(c2ccccc2O)CC1)N1CCCCCCC1. The molecule has 0 aliphatic carbocycles. The minimum Gasteiger partial charge on any atom is -0.506 e. The Bertz CT molecular complexity index is 533. The maximum atomic E-state index is 12.6. The maximum absolute atomic E-state index is 12.6. The van der Waals surface area contributed by atoms with E-state index in [1.807, 2.05) is 18.2 Å². The van der Waals surface area contributed by atoms with Crippen LogP contribution in [0, 0.1) is 0 Å². The van der Waals surface area contributed by atoms with Crippen LogP contribution in [0.3, 0.4) is 0 Å². The number of rotatable bonds is 3. The first-order chi connectivity index (χ1) is 11.7. The van der Waals surface area contributed by atoms with Crippen LogP contribution in [0.2, 0.25) is 0 Å². The van der Waals surface area contributed by atoms with Gasteiger partial charge in [0.25, 0.3) is 0 Å². The molecule has 2 aliphatic heterocycles. The van der Waals surface area contributed by atoms with Crippen molar-refractivity contribution < 1.29 is 9.90 Å². The highest BCUT2D eigenvalue weighted by atomic mass is 16.3. The highest BCUT2D eigenvalue weighted by Crippen LogP contribution is 2.27. The Morgan fingerprint density at radius 1 is 0.875 bits per heavy atom. The summed E-state index contributed by atoms with van der Waals surface area (Å²) in [6, 6.07) is 7.48. The number of hydrogen-bond donors (Lipinski definition) is 1. The number of aromatic hydroxyl groups is 1. The van der Waals surface area contributed by atoms with Gasteiger partial charge >= 0.3 is 0 Å². The molecule has 2 aliphatic rings. The molecule has 2 saturated heterocycles. The fraction of sp³-hybridized carbons (Fsp3) is 0.632. The lowest BCUT2D eigenvalue weighted by molar-refractivity contribution is -0.132. The van der Waals surface area contributed by atoms with Crippen molar-refractivity contribution in [3.05, 3.63) is 24.3 Å². The third kappa shape index (κ3) is 4.41. The minimum absolute atomic E-state index is 0.285. The molecule has 3 rings (SSSR count). The number of hydrogen-bond acceptors (Lipinski definition) is 4. The van der Waals surface area contributed by atoms with Crippen LogP contribution in [0.25, 0.3) is 0 Å². The van der Waals surface area contributed by atoms with Gasteiger partial charge in [-0.25, -0.2) is 0 Å². The van der Waals surface area contributed by atoms with Crippen molar-refractivity contribution in [1.29, 1.82) is 0 Å². The molecule has 5 nitrogen and oxygen atoms in total. The summed E-state index contributed by atoms with van der Waals surface area (Å²) in [7, 11) is 0. The predicted octanol–water partition coefficient (Wildman–Crippen LogP) is 2.31. The number of piperazine rings is 1. The smallest absolute Gasteiger partial charge is 0.236 e. The molecule has 0 radical (unpaired) electrons. The van der Waals surface area contributed by atoms with Crippen LogP contribution >= 0.6 is 0 Å². The van der Waals surface area contributed by atoms with Crippen molar-refractivity contribution in [2.24, 2.45) is 0 Å². The van der Waals surface area contributed by atoms with Gasteiger partial charge < -0.3 is 14.9 Å². The summed E-state index contributed by atoms with van der Waals surface area (Å²) in [4.78, 5) is 19.1. The first-order valence-corrected chi connectivity index (χ1v) is 9.27. The van der Waals surface area contributed by atoms with Gasteiger partial charge in [-0.05, 0) is 25.0 Å². The third-order valence-corrected chi connectivity index (χ3v) is 5.16. The number of phenols is 1. The summed E-state index contributed by atoms with van der Waals surface area (Å²) >= 11 is 0. The molecule has 1 aromatic carbocycles. The van der Waals surface area contributed by atoms with Crippen molar-refractivity contribution >= 4 is 11.6 Å². The Labute approximate surface area is 144 Å². The van der Waals surface area contributed by atoms with Crippen molar-refractivity contribution in [2.45, 2.75) is 32.1 Å². The fourth-order valence-corrected chi connectivity index (χ4v) is 3.67. The molecule has 0 saturated carbocycles. The van der Waals surface area contributed by atoms with Gasteiger partial charge in [-0.15, -0.1) is 0 Å². The molecule has 0 aromatic heterocycles. The Balaban J connectivity index is 1.48. The Morgan fingerprint density at radius 2 is 1.50 bits per heavy atom. The van der Waals surface area contributed by atoms with Gasteiger partial charge in [0.1, 0.15) is 5.75 Å². The number of carbonyl (C=O) groups excluding carboxylic acids is 1. The molecule has 1 N–H and O–H groups in total. The monoisotopic (exact) mass is 331 g/mol. The molecule has 1 amide bonds.